The highest BCUT2D eigenvalue weighted by Gasteiger charge is 2.28. The number of piperidine rings is 1. The van der Waals surface area contributed by atoms with Crippen LogP contribution in [0.5, 0.6) is 0 Å². The van der Waals surface area contributed by atoms with Gasteiger partial charge in [-0.2, -0.15) is 0 Å². The van der Waals surface area contributed by atoms with Gasteiger partial charge in [-0.3, -0.25) is 9.52 Å². The summed E-state index contributed by atoms with van der Waals surface area (Å²) in [6, 6.07) is 5.05. The highest BCUT2D eigenvalue weighted by Crippen LogP contribution is 2.34. The Labute approximate surface area is 198 Å². The first-order valence-electron chi connectivity index (χ1n) is 11.0. The molecule has 33 heavy (non-hydrogen) atoms. The summed E-state index contributed by atoms with van der Waals surface area (Å²) in [6.07, 6.45) is 3.63. The van der Waals surface area contributed by atoms with Gasteiger partial charge in [-0.05, 0) is 57.2 Å². The number of hydrogen-bond donors (Lipinski definition) is 1. The van der Waals surface area contributed by atoms with Crippen molar-refractivity contribution >= 4 is 33.1 Å². The highest BCUT2D eigenvalue weighted by atomic mass is 32.2. The van der Waals surface area contributed by atoms with Crippen LogP contribution in [0, 0.1) is 26.7 Å². The Balaban J connectivity index is 1.63. The molecule has 0 saturated carbocycles. The van der Waals surface area contributed by atoms with Crippen LogP contribution in [-0.4, -0.2) is 46.8 Å². The zero-order chi connectivity index (χ0) is 23.9. The van der Waals surface area contributed by atoms with Crippen LogP contribution in [0.15, 0.2) is 29.3 Å². The van der Waals surface area contributed by atoms with E-state index in [1.165, 1.54) is 11.3 Å². The summed E-state index contributed by atoms with van der Waals surface area (Å²) in [5, 5.41) is 0.627. The molecule has 3 aromatic heterocycles. The van der Waals surface area contributed by atoms with Gasteiger partial charge < -0.3 is 9.47 Å². The molecule has 1 fully saturated rings. The second-order valence-electron chi connectivity index (χ2n) is 8.77. The van der Waals surface area contributed by atoms with Gasteiger partial charge in [0, 0.05) is 32.0 Å². The number of thiazole rings is 1. The van der Waals surface area contributed by atoms with Gasteiger partial charge in [-0.15, -0.1) is 11.3 Å². The van der Waals surface area contributed by atoms with E-state index in [0.717, 1.165) is 31.5 Å². The van der Waals surface area contributed by atoms with Crippen LogP contribution in [0.1, 0.15) is 46.4 Å². The van der Waals surface area contributed by atoms with Crippen LogP contribution in [0.25, 0.3) is 10.7 Å². The summed E-state index contributed by atoms with van der Waals surface area (Å²) in [6.45, 7) is 9.21. The Bertz CT molecular complexity index is 1280. The van der Waals surface area contributed by atoms with Gasteiger partial charge in [0.05, 0.1) is 11.4 Å². The predicted molar refractivity (Wildman–Crippen MR) is 130 cm³/mol. The van der Waals surface area contributed by atoms with Gasteiger partial charge in [0.25, 0.3) is 15.9 Å². The largest absolute Gasteiger partial charge is 0.345 e. The molecule has 0 aromatic carbocycles. The molecule has 0 atom stereocenters. The van der Waals surface area contributed by atoms with Crippen molar-refractivity contribution in [3.8, 4) is 10.7 Å². The molecular formula is C23H29N5O3S2. The second kappa shape index (κ2) is 8.90. The van der Waals surface area contributed by atoms with E-state index in [2.05, 4.69) is 21.6 Å². The molecule has 0 unspecified atom stereocenters. The third kappa shape index (κ3) is 4.67. The number of rotatable bonds is 5. The van der Waals surface area contributed by atoms with E-state index in [9.17, 15) is 13.2 Å². The molecule has 3 aromatic rings. The van der Waals surface area contributed by atoms with Gasteiger partial charge in [0.2, 0.25) is 0 Å². The Morgan fingerprint density at radius 1 is 1.18 bits per heavy atom. The molecule has 10 heteroatoms. The maximum absolute atomic E-state index is 13.1. The van der Waals surface area contributed by atoms with Gasteiger partial charge in [-0.25, -0.2) is 18.4 Å². The van der Waals surface area contributed by atoms with Crippen molar-refractivity contribution in [2.24, 2.45) is 13.0 Å². The number of hydrogen-bond acceptors (Lipinski definition) is 6. The number of aryl methyl sites for hydroxylation is 2. The third-order valence-electron chi connectivity index (χ3n) is 6.21. The lowest BCUT2D eigenvalue weighted by Gasteiger charge is -2.30. The molecule has 8 nitrogen and oxygen atoms in total. The zero-order valence-corrected chi connectivity index (χ0v) is 21.2. The number of carbonyl (C=O) groups is 1. The minimum absolute atomic E-state index is 0.00837. The van der Waals surface area contributed by atoms with E-state index in [-0.39, 0.29) is 16.6 Å². The van der Waals surface area contributed by atoms with Crippen molar-refractivity contribution in [1.82, 2.24) is 19.4 Å². The lowest BCUT2D eigenvalue weighted by molar-refractivity contribution is 0.0701. The Morgan fingerprint density at radius 2 is 1.88 bits per heavy atom. The predicted octanol–water partition coefficient (Wildman–Crippen LogP) is 4.14. The molecule has 1 aliphatic heterocycles. The summed E-state index contributed by atoms with van der Waals surface area (Å²) in [4.78, 5) is 24.5. The van der Waals surface area contributed by atoms with E-state index < -0.39 is 10.0 Å². The summed E-state index contributed by atoms with van der Waals surface area (Å²) in [5.41, 5.74) is 2.85. The number of sulfonamides is 1. The van der Waals surface area contributed by atoms with Crippen LogP contribution < -0.4 is 4.72 Å². The van der Waals surface area contributed by atoms with Crippen molar-refractivity contribution < 1.29 is 13.2 Å². The Hall–Kier alpha value is -2.72. The molecule has 4 rings (SSSR count). The smallest absolute Gasteiger partial charge is 0.265 e. The number of aromatic nitrogens is 3. The second-order valence-corrected chi connectivity index (χ2v) is 11.4. The van der Waals surface area contributed by atoms with E-state index in [4.69, 9.17) is 0 Å². The lowest BCUT2D eigenvalue weighted by atomic mass is 9.99. The number of pyridine rings is 1. The van der Waals surface area contributed by atoms with E-state index in [1.807, 2.05) is 18.7 Å². The first-order chi connectivity index (χ1) is 15.6. The number of likely N-dealkylation sites (tertiary alicyclic amines) is 1. The van der Waals surface area contributed by atoms with E-state index >= 15 is 0 Å². The van der Waals surface area contributed by atoms with Crippen LogP contribution in [0.4, 0.5) is 5.82 Å². The number of carbonyl (C=O) groups excluding carboxylic acids is 1. The fourth-order valence-electron chi connectivity index (χ4n) is 3.93. The highest BCUT2D eigenvalue weighted by molar-refractivity contribution is 7.92. The molecule has 1 amide bonds. The first kappa shape index (κ1) is 23.4. The lowest BCUT2D eigenvalue weighted by Crippen LogP contribution is -2.37. The summed E-state index contributed by atoms with van der Waals surface area (Å²) in [5.74, 6) is 0.913. The van der Waals surface area contributed by atoms with Gasteiger partial charge in [-0.1, -0.05) is 13.0 Å². The molecule has 1 N–H and O–H groups in total. The molecule has 0 aliphatic carbocycles. The molecule has 0 bridgehead atoms. The summed E-state index contributed by atoms with van der Waals surface area (Å²) >= 11 is 1.32. The minimum Gasteiger partial charge on any atom is -0.345 e. The number of nitrogens with zero attached hydrogens (tertiary/aromatic N) is 4. The molecule has 0 spiro atoms. The van der Waals surface area contributed by atoms with Crippen molar-refractivity contribution in [2.45, 2.75) is 45.4 Å². The average molecular weight is 488 g/mol. The van der Waals surface area contributed by atoms with Gasteiger partial charge in [0.15, 0.2) is 0 Å². The molecule has 0 radical (unpaired) electrons. The minimum atomic E-state index is -3.84. The fraction of sp³-hybridized carbons (Fsp3) is 0.435. The molecule has 1 aliphatic rings. The molecular weight excluding hydrogens is 458 g/mol. The van der Waals surface area contributed by atoms with Crippen LogP contribution in [0.2, 0.25) is 0 Å². The quantitative estimate of drug-likeness (QED) is 0.583. The average Bonchev–Trinajstić information content (AvgIpc) is 3.30. The normalized spacial score (nSPS) is 15.1. The van der Waals surface area contributed by atoms with Crippen LogP contribution in [-0.2, 0) is 17.1 Å². The monoisotopic (exact) mass is 487 g/mol. The first-order valence-corrected chi connectivity index (χ1v) is 13.3. The Morgan fingerprint density at radius 3 is 2.52 bits per heavy atom. The molecule has 1 saturated heterocycles. The maximum Gasteiger partial charge on any atom is 0.265 e. The van der Waals surface area contributed by atoms with Crippen molar-refractivity contribution in [2.75, 3.05) is 17.8 Å². The molecule has 4 heterocycles. The number of anilines is 1. The summed E-state index contributed by atoms with van der Waals surface area (Å²) in [7, 11) is -2.04. The van der Waals surface area contributed by atoms with E-state index in [1.54, 1.807) is 42.9 Å². The molecule has 176 valence electrons. The summed E-state index contributed by atoms with van der Waals surface area (Å²) < 4.78 is 30.5. The topological polar surface area (TPSA) is 97.2 Å². The third-order valence-corrected chi connectivity index (χ3v) is 8.85. The van der Waals surface area contributed by atoms with Crippen molar-refractivity contribution in [1.29, 1.82) is 0 Å². The van der Waals surface area contributed by atoms with Crippen molar-refractivity contribution in [3.63, 3.8) is 0 Å². The Kier molecular flexibility index (Phi) is 6.32. The zero-order valence-electron chi connectivity index (χ0n) is 19.5. The van der Waals surface area contributed by atoms with Gasteiger partial charge >= 0.3 is 0 Å². The van der Waals surface area contributed by atoms with Gasteiger partial charge in [0.1, 0.15) is 20.6 Å². The van der Waals surface area contributed by atoms with E-state index in [0.29, 0.717) is 32.9 Å². The van der Waals surface area contributed by atoms with Crippen molar-refractivity contribution in [3.05, 3.63) is 46.2 Å². The van der Waals surface area contributed by atoms with Crippen LogP contribution >= 0.6 is 11.3 Å². The fourth-order valence-corrected chi connectivity index (χ4v) is 6.31. The van der Waals surface area contributed by atoms with Crippen LogP contribution in [0.3, 0.4) is 0 Å². The number of amides is 1. The number of nitrogens with one attached hydrogen (secondary N) is 1. The maximum atomic E-state index is 13.1. The SMILES string of the molecule is Cc1ccc(NS(=O)(=O)c2cc(-c3nc(C)c(C(=O)N4CCC(C)CC4)s3)n(C)c2C)nc1. The standard InChI is InChI=1S/C23H29N5O3S2/c1-14-8-10-28(11-9-14)23(29)21-16(3)25-22(32-21)18-12-19(17(4)27(18)5)33(30,31)26-20-7-6-15(2)13-24-20/h6-7,12-14H,8-11H2,1-5H3,(H,24,26).